The predicted octanol–water partition coefficient (Wildman–Crippen LogP) is 1.35. The molecule has 1 aliphatic heterocycles. The summed E-state index contributed by atoms with van der Waals surface area (Å²) in [7, 11) is 0. The summed E-state index contributed by atoms with van der Waals surface area (Å²) in [6.07, 6.45) is 0. The Balaban J connectivity index is 1.91. The molecule has 3 rings (SSSR count). The number of aromatic nitrogens is 1. The molecule has 2 N–H and O–H groups in total. The Hall–Kier alpha value is -2.01. The lowest BCUT2D eigenvalue weighted by atomic mass is 10.2. The molecule has 94 valence electrons. The summed E-state index contributed by atoms with van der Waals surface area (Å²) in [6.45, 7) is 2.43. The molecule has 2 aromatic rings. The number of H-pyrrole nitrogens is 1. The zero-order valence-electron chi connectivity index (χ0n) is 9.85. The van der Waals surface area contributed by atoms with Crippen LogP contribution in [0.3, 0.4) is 0 Å². The van der Waals surface area contributed by atoms with Crippen LogP contribution in [0.5, 0.6) is 5.75 Å². The lowest BCUT2D eigenvalue weighted by Crippen LogP contribution is -2.40. The first kappa shape index (κ1) is 11.1. The van der Waals surface area contributed by atoms with Gasteiger partial charge >= 0.3 is 0 Å². The third kappa shape index (κ3) is 1.93. The molecule has 1 aromatic heterocycles. The van der Waals surface area contributed by atoms with E-state index < -0.39 is 0 Å². The van der Waals surface area contributed by atoms with Crippen LogP contribution >= 0.6 is 0 Å². The van der Waals surface area contributed by atoms with Gasteiger partial charge in [0.25, 0.3) is 5.91 Å². The van der Waals surface area contributed by atoms with Gasteiger partial charge in [-0.15, -0.1) is 0 Å². The fraction of sp³-hybridized carbons (Fsp3) is 0.308. The molecule has 1 aromatic carbocycles. The number of aromatic hydroxyl groups is 1. The van der Waals surface area contributed by atoms with E-state index in [0.29, 0.717) is 32.0 Å². The number of nitrogens with zero attached hydrogens (tertiary/aromatic N) is 1. The lowest BCUT2D eigenvalue weighted by molar-refractivity contribution is 0.0299. The average Bonchev–Trinajstić information content (AvgIpc) is 2.81. The molecule has 1 amide bonds. The Kier molecular flexibility index (Phi) is 2.68. The highest BCUT2D eigenvalue weighted by atomic mass is 16.5. The molecular formula is C13H14N2O3. The van der Waals surface area contributed by atoms with Crippen molar-refractivity contribution in [2.45, 2.75) is 0 Å². The van der Waals surface area contributed by atoms with E-state index in [1.54, 1.807) is 29.2 Å². The number of hydrogen-bond donors (Lipinski definition) is 2. The number of carbonyl (C=O) groups is 1. The monoisotopic (exact) mass is 246 g/mol. The molecule has 5 nitrogen and oxygen atoms in total. The number of carbonyl (C=O) groups excluding carboxylic acids is 1. The highest BCUT2D eigenvalue weighted by molar-refractivity contribution is 5.98. The van der Waals surface area contributed by atoms with Gasteiger partial charge in [0, 0.05) is 24.0 Å². The summed E-state index contributed by atoms with van der Waals surface area (Å²) in [5, 5.41) is 10.2. The van der Waals surface area contributed by atoms with Gasteiger partial charge < -0.3 is 19.7 Å². The van der Waals surface area contributed by atoms with Crippen molar-refractivity contribution in [1.29, 1.82) is 0 Å². The van der Waals surface area contributed by atoms with Gasteiger partial charge in [0.1, 0.15) is 11.4 Å². The highest BCUT2D eigenvalue weighted by Gasteiger charge is 2.19. The van der Waals surface area contributed by atoms with Crippen LogP contribution in [-0.2, 0) is 4.74 Å². The second-order valence-electron chi connectivity index (χ2n) is 4.36. The van der Waals surface area contributed by atoms with Gasteiger partial charge in [-0.1, -0.05) is 0 Å². The maximum absolute atomic E-state index is 12.2. The Morgan fingerprint density at radius 1 is 1.28 bits per heavy atom. The normalized spacial score (nSPS) is 16.1. The minimum atomic E-state index is -0.0195. The van der Waals surface area contributed by atoms with E-state index in [9.17, 15) is 9.90 Å². The van der Waals surface area contributed by atoms with E-state index in [-0.39, 0.29) is 11.7 Å². The minimum Gasteiger partial charge on any atom is -0.508 e. The van der Waals surface area contributed by atoms with E-state index in [4.69, 9.17) is 4.74 Å². The number of fused-ring (bicyclic) bond motifs is 1. The van der Waals surface area contributed by atoms with Crippen LogP contribution in [-0.4, -0.2) is 47.2 Å². The molecule has 1 saturated heterocycles. The SMILES string of the molecule is O=C(c1cc2cc(O)ccc2[nH]1)N1CCOCC1. The highest BCUT2D eigenvalue weighted by Crippen LogP contribution is 2.21. The third-order valence-corrected chi connectivity index (χ3v) is 3.13. The summed E-state index contributed by atoms with van der Waals surface area (Å²) in [5.41, 5.74) is 1.40. The predicted molar refractivity (Wildman–Crippen MR) is 66.7 cm³/mol. The van der Waals surface area contributed by atoms with E-state index >= 15 is 0 Å². The number of nitrogens with one attached hydrogen (secondary N) is 1. The number of phenols is 1. The first-order chi connectivity index (χ1) is 8.74. The smallest absolute Gasteiger partial charge is 0.270 e. The lowest BCUT2D eigenvalue weighted by Gasteiger charge is -2.26. The summed E-state index contributed by atoms with van der Waals surface area (Å²) in [5.74, 6) is 0.181. The van der Waals surface area contributed by atoms with Crippen LogP contribution < -0.4 is 0 Å². The van der Waals surface area contributed by atoms with Crippen molar-refractivity contribution in [1.82, 2.24) is 9.88 Å². The van der Waals surface area contributed by atoms with E-state index in [1.165, 1.54) is 0 Å². The second-order valence-corrected chi connectivity index (χ2v) is 4.36. The van der Waals surface area contributed by atoms with Gasteiger partial charge in [0.15, 0.2) is 0 Å². The Labute approximate surface area is 104 Å². The maximum atomic E-state index is 12.2. The molecule has 0 aliphatic carbocycles. The molecule has 0 bridgehead atoms. The van der Waals surface area contributed by atoms with Crippen molar-refractivity contribution in [2.24, 2.45) is 0 Å². The number of amides is 1. The number of rotatable bonds is 1. The zero-order valence-corrected chi connectivity index (χ0v) is 9.85. The van der Waals surface area contributed by atoms with Crippen molar-refractivity contribution < 1.29 is 14.6 Å². The van der Waals surface area contributed by atoms with Crippen molar-refractivity contribution in [2.75, 3.05) is 26.3 Å². The first-order valence-electron chi connectivity index (χ1n) is 5.93. The molecule has 0 saturated carbocycles. The number of hydrogen-bond acceptors (Lipinski definition) is 3. The fourth-order valence-electron chi connectivity index (χ4n) is 2.17. The van der Waals surface area contributed by atoms with Gasteiger partial charge in [-0.25, -0.2) is 0 Å². The third-order valence-electron chi connectivity index (χ3n) is 3.13. The summed E-state index contributed by atoms with van der Waals surface area (Å²) >= 11 is 0. The van der Waals surface area contributed by atoms with Crippen LogP contribution in [0.15, 0.2) is 24.3 Å². The van der Waals surface area contributed by atoms with E-state index in [0.717, 1.165) is 10.9 Å². The van der Waals surface area contributed by atoms with Crippen molar-refractivity contribution in [3.8, 4) is 5.75 Å². The van der Waals surface area contributed by atoms with Crippen LogP contribution in [0.25, 0.3) is 10.9 Å². The maximum Gasteiger partial charge on any atom is 0.270 e. The molecule has 5 heteroatoms. The Bertz CT molecular complexity index is 585. The summed E-state index contributed by atoms with van der Waals surface area (Å²) in [4.78, 5) is 17.1. The van der Waals surface area contributed by atoms with Gasteiger partial charge in [-0.05, 0) is 24.3 Å². The molecule has 18 heavy (non-hydrogen) atoms. The molecular weight excluding hydrogens is 232 g/mol. The molecule has 1 aliphatic rings. The Morgan fingerprint density at radius 2 is 2.06 bits per heavy atom. The number of benzene rings is 1. The molecule has 0 atom stereocenters. The number of aromatic amines is 1. The van der Waals surface area contributed by atoms with Crippen LogP contribution in [0.4, 0.5) is 0 Å². The zero-order chi connectivity index (χ0) is 12.5. The second kappa shape index (κ2) is 4.34. The number of phenolic OH excluding ortho intramolecular Hbond substituents is 1. The van der Waals surface area contributed by atoms with E-state index in [2.05, 4.69) is 4.98 Å². The number of morpholine rings is 1. The van der Waals surface area contributed by atoms with Gasteiger partial charge in [0.05, 0.1) is 13.2 Å². The molecule has 2 heterocycles. The quantitative estimate of drug-likeness (QED) is 0.798. The minimum absolute atomic E-state index is 0.0195. The fourth-order valence-corrected chi connectivity index (χ4v) is 2.17. The van der Waals surface area contributed by atoms with Crippen molar-refractivity contribution in [3.63, 3.8) is 0 Å². The largest absolute Gasteiger partial charge is 0.508 e. The van der Waals surface area contributed by atoms with Crippen LogP contribution in [0, 0.1) is 0 Å². The molecule has 1 fully saturated rings. The van der Waals surface area contributed by atoms with Gasteiger partial charge in [-0.2, -0.15) is 0 Å². The summed E-state index contributed by atoms with van der Waals surface area (Å²) < 4.78 is 5.22. The molecule has 0 unspecified atom stereocenters. The number of ether oxygens (including phenoxy) is 1. The topological polar surface area (TPSA) is 65.6 Å². The van der Waals surface area contributed by atoms with Crippen LogP contribution in [0.1, 0.15) is 10.5 Å². The molecule has 0 spiro atoms. The standard InChI is InChI=1S/C13H14N2O3/c16-10-1-2-11-9(7-10)8-12(14-11)13(17)15-3-5-18-6-4-15/h1-2,7-8,14,16H,3-6H2. The van der Waals surface area contributed by atoms with E-state index in [1.807, 2.05) is 0 Å². The average molecular weight is 246 g/mol. The van der Waals surface area contributed by atoms with Gasteiger partial charge in [-0.3, -0.25) is 4.79 Å². The summed E-state index contributed by atoms with van der Waals surface area (Å²) in [6, 6.07) is 6.78. The van der Waals surface area contributed by atoms with Crippen molar-refractivity contribution >= 4 is 16.8 Å². The van der Waals surface area contributed by atoms with Crippen LogP contribution in [0.2, 0.25) is 0 Å². The first-order valence-corrected chi connectivity index (χ1v) is 5.93. The Morgan fingerprint density at radius 3 is 2.83 bits per heavy atom. The molecule has 0 radical (unpaired) electrons. The van der Waals surface area contributed by atoms with Crippen molar-refractivity contribution in [3.05, 3.63) is 30.0 Å². The van der Waals surface area contributed by atoms with Gasteiger partial charge in [0.2, 0.25) is 0 Å².